The van der Waals surface area contributed by atoms with Crippen LogP contribution in [0.5, 0.6) is 0 Å². The monoisotopic (exact) mass is 367 g/mol. The number of likely N-dealkylation sites (tertiary alicyclic amines) is 1. The number of nitrogens with one attached hydrogen (secondary N) is 2. The predicted molar refractivity (Wildman–Crippen MR) is 93.2 cm³/mol. The number of ether oxygens (including phenoxy) is 1. The van der Waals surface area contributed by atoms with Gasteiger partial charge in [0.25, 0.3) is 5.91 Å². The molecule has 0 saturated carbocycles. The first-order chi connectivity index (χ1) is 12.0. The molecule has 2 rings (SSSR count). The molecular weight excluding hydrogens is 346 g/mol. The predicted octanol–water partition coefficient (Wildman–Crippen LogP) is 1.17. The molecule has 8 heteroatoms. The summed E-state index contributed by atoms with van der Waals surface area (Å²) >= 11 is 5.98. The topological polar surface area (TPSA) is 87.7 Å². The Morgan fingerprint density at radius 3 is 2.80 bits per heavy atom. The zero-order valence-corrected chi connectivity index (χ0v) is 14.8. The van der Waals surface area contributed by atoms with Crippen molar-refractivity contribution in [2.24, 2.45) is 0 Å². The number of hydrogen-bond acceptors (Lipinski definition) is 5. The summed E-state index contributed by atoms with van der Waals surface area (Å²) in [6.45, 7) is 2.63. The maximum atomic E-state index is 12.4. The zero-order chi connectivity index (χ0) is 18.2. The number of amides is 2. The third-order valence-electron chi connectivity index (χ3n) is 3.88. The van der Waals surface area contributed by atoms with Gasteiger partial charge < -0.3 is 15.0 Å². The van der Waals surface area contributed by atoms with Gasteiger partial charge in [0.05, 0.1) is 23.3 Å². The quantitative estimate of drug-likeness (QED) is 0.558. The van der Waals surface area contributed by atoms with Gasteiger partial charge in [-0.2, -0.15) is 0 Å². The van der Waals surface area contributed by atoms with Gasteiger partial charge in [-0.3, -0.25) is 19.7 Å². The molecular formula is C17H22ClN3O4. The lowest BCUT2D eigenvalue weighted by Crippen LogP contribution is -2.49. The first kappa shape index (κ1) is 19.2. The highest BCUT2D eigenvalue weighted by Crippen LogP contribution is 2.16. The van der Waals surface area contributed by atoms with Gasteiger partial charge >= 0.3 is 5.97 Å². The summed E-state index contributed by atoms with van der Waals surface area (Å²) < 4.78 is 4.86. The molecule has 136 valence electrons. The highest BCUT2D eigenvalue weighted by Gasteiger charge is 2.28. The van der Waals surface area contributed by atoms with Crippen molar-refractivity contribution < 1.29 is 19.1 Å². The summed E-state index contributed by atoms with van der Waals surface area (Å²) in [7, 11) is 0. The zero-order valence-electron chi connectivity index (χ0n) is 14.1. The number of halogens is 1. The van der Waals surface area contributed by atoms with E-state index in [-0.39, 0.29) is 37.1 Å². The minimum atomic E-state index is -0.377. The van der Waals surface area contributed by atoms with Crippen LogP contribution in [-0.4, -0.2) is 55.1 Å². The minimum Gasteiger partial charge on any atom is -0.465 e. The molecule has 7 nitrogen and oxygen atoms in total. The van der Waals surface area contributed by atoms with Crippen molar-refractivity contribution in [3.8, 4) is 0 Å². The summed E-state index contributed by atoms with van der Waals surface area (Å²) in [6.07, 6.45) is 1.60. The van der Waals surface area contributed by atoms with E-state index in [1.165, 1.54) is 6.92 Å². The number of rotatable bonds is 7. The number of carbonyl (C=O) groups is 3. The molecule has 0 unspecified atom stereocenters. The van der Waals surface area contributed by atoms with Crippen molar-refractivity contribution in [3.05, 3.63) is 34.9 Å². The van der Waals surface area contributed by atoms with Gasteiger partial charge in [0.15, 0.2) is 0 Å². The van der Waals surface area contributed by atoms with Crippen LogP contribution in [0.4, 0.5) is 0 Å². The first-order valence-corrected chi connectivity index (χ1v) is 8.56. The van der Waals surface area contributed by atoms with Gasteiger partial charge in [0.1, 0.15) is 6.61 Å². The second-order valence-corrected chi connectivity index (χ2v) is 6.11. The average molecular weight is 368 g/mol. The molecule has 0 aromatic heterocycles. The van der Waals surface area contributed by atoms with Crippen LogP contribution < -0.4 is 10.6 Å². The summed E-state index contributed by atoms with van der Waals surface area (Å²) in [5, 5.41) is 6.14. The highest BCUT2D eigenvalue weighted by molar-refractivity contribution is 6.33. The summed E-state index contributed by atoms with van der Waals surface area (Å²) in [6, 6.07) is 6.69. The molecule has 1 aliphatic heterocycles. The second-order valence-electron chi connectivity index (χ2n) is 5.70. The third-order valence-corrected chi connectivity index (χ3v) is 4.21. The lowest BCUT2D eigenvalue weighted by molar-refractivity contribution is -0.141. The Morgan fingerprint density at radius 1 is 1.32 bits per heavy atom. The van der Waals surface area contributed by atoms with Crippen LogP contribution in [-0.2, 0) is 14.3 Å². The normalized spacial score (nSPS) is 16.6. The van der Waals surface area contributed by atoms with Crippen LogP contribution in [0.2, 0.25) is 5.02 Å². The van der Waals surface area contributed by atoms with Gasteiger partial charge in [-0.25, -0.2) is 0 Å². The Balaban J connectivity index is 1.80. The van der Waals surface area contributed by atoms with Crippen LogP contribution in [0.1, 0.15) is 30.1 Å². The number of benzene rings is 1. The fourth-order valence-electron chi connectivity index (χ4n) is 2.70. The molecule has 0 radical (unpaired) electrons. The lowest BCUT2D eigenvalue weighted by Gasteiger charge is -2.25. The lowest BCUT2D eigenvalue weighted by atomic mass is 10.2. The van der Waals surface area contributed by atoms with Gasteiger partial charge in [-0.1, -0.05) is 23.7 Å². The van der Waals surface area contributed by atoms with Crippen LogP contribution in [0, 0.1) is 0 Å². The molecule has 2 N–H and O–H groups in total. The molecule has 0 spiro atoms. The number of nitrogens with zero attached hydrogens (tertiary/aromatic N) is 1. The number of esters is 1. The highest BCUT2D eigenvalue weighted by atomic mass is 35.5. The maximum absolute atomic E-state index is 12.4. The molecule has 0 aliphatic carbocycles. The Labute approximate surface area is 151 Å². The first-order valence-electron chi connectivity index (χ1n) is 8.18. The van der Waals surface area contributed by atoms with E-state index >= 15 is 0 Å². The van der Waals surface area contributed by atoms with Crippen LogP contribution in [0.15, 0.2) is 24.3 Å². The van der Waals surface area contributed by atoms with Gasteiger partial charge in [0, 0.05) is 20.0 Å². The van der Waals surface area contributed by atoms with E-state index in [0.29, 0.717) is 23.7 Å². The fraction of sp³-hybridized carbons (Fsp3) is 0.471. The van der Waals surface area contributed by atoms with E-state index in [2.05, 4.69) is 10.6 Å². The smallest absolute Gasteiger partial charge is 0.302 e. The second kappa shape index (κ2) is 9.39. The fourth-order valence-corrected chi connectivity index (χ4v) is 2.92. The van der Waals surface area contributed by atoms with Gasteiger partial charge in [-0.05, 0) is 25.0 Å². The van der Waals surface area contributed by atoms with E-state index in [4.69, 9.17) is 16.3 Å². The Morgan fingerprint density at radius 2 is 2.08 bits per heavy atom. The largest absolute Gasteiger partial charge is 0.465 e. The van der Waals surface area contributed by atoms with E-state index in [0.717, 1.165) is 12.8 Å². The van der Waals surface area contributed by atoms with Gasteiger partial charge in [0.2, 0.25) is 5.91 Å². The Hall–Kier alpha value is -2.12. The average Bonchev–Trinajstić information content (AvgIpc) is 3.05. The molecule has 1 heterocycles. The number of carbonyl (C=O) groups excluding carboxylic acids is 3. The molecule has 1 atom stereocenters. The molecule has 25 heavy (non-hydrogen) atoms. The SMILES string of the molecule is CC(=O)OCCN[C@@H]1CCCN1C(=O)CNC(=O)c1ccccc1Cl. The molecule has 1 aliphatic rings. The van der Waals surface area contributed by atoms with Gasteiger partial charge in [-0.15, -0.1) is 0 Å². The van der Waals surface area contributed by atoms with Crippen LogP contribution >= 0.6 is 11.6 Å². The standard InChI is InChI=1S/C17H22ClN3O4/c1-12(22)25-10-8-19-15-7-4-9-21(15)16(23)11-20-17(24)13-5-2-3-6-14(13)18/h2-3,5-6,15,19H,4,7-11H2,1H3,(H,20,24)/t15-/m0/s1. The molecule has 1 fully saturated rings. The molecule has 0 bridgehead atoms. The van der Waals surface area contributed by atoms with Crippen LogP contribution in [0.25, 0.3) is 0 Å². The Kier molecular flexibility index (Phi) is 7.21. The Bertz CT molecular complexity index is 638. The van der Waals surface area contributed by atoms with Crippen molar-refractivity contribution >= 4 is 29.4 Å². The number of hydrogen-bond donors (Lipinski definition) is 2. The van der Waals surface area contributed by atoms with E-state index < -0.39 is 0 Å². The summed E-state index contributed by atoms with van der Waals surface area (Å²) in [5.41, 5.74) is 0.342. The third kappa shape index (κ3) is 5.72. The van der Waals surface area contributed by atoms with E-state index in [1.807, 2.05) is 0 Å². The molecule has 1 aromatic rings. The van der Waals surface area contributed by atoms with Crippen molar-refractivity contribution in [2.75, 3.05) is 26.2 Å². The summed E-state index contributed by atoms with van der Waals surface area (Å²) in [5.74, 6) is -0.871. The van der Waals surface area contributed by atoms with E-state index in [1.54, 1.807) is 29.2 Å². The minimum absolute atomic E-state index is 0.0911. The van der Waals surface area contributed by atoms with Crippen molar-refractivity contribution in [3.63, 3.8) is 0 Å². The van der Waals surface area contributed by atoms with Crippen molar-refractivity contribution in [2.45, 2.75) is 25.9 Å². The van der Waals surface area contributed by atoms with Crippen molar-refractivity contribution in [1.29, 1.82) is 0 Å². The van der Waals surface area contributed by atoms with Crippen molar-refractivity contribution in [1.82, 2.24) is 15.5 Å². The summed E-state index contributed by atoms with van der Waals surface area (Å²) in [4.78, 5) is 36.9. The van der Waals surface area contributed by atoms with Crippen LogP contribution in [0.3, 0.4) is 0 Å². The molecule has 2 amide bonds. The maximum Gasteiger partial charge on any atom is 0.302 e. The molecule has 1 aromatic carbocycles. The molecule has 1 saturated heterocycles. The van der Waals surface area contributed by atoms with E-state index in [9.17, 15) is 14.4 Å².